The number of methoxy groups -OCH3 is 1. The summed E-state index contributed by atoms with van der Waals surface area (Å²) in [6.07, 6.45) is 0. The summed E-state index contributed by atoms with van der Waals surface area (Å²) >= 11 is 0. The van der Waals surface area contributed by atoms with Gasteiger partial charge >= 0.3 is 5.97 Å². The average molecular weight is 210 g/mol. The normalized spacial score (nSPS) is 13.4. The summed E-state index contributed by atoms with van der Waals surface area (Å²) in [5.74, 6) is 0.0373. The molecule has 5 heteroatoms. The average Bonchev–Trinajstić information content (AvgIpc) is 2.27. The Balaban J connectivity index is 2.56. The van der Waals surface area contributed by atoms with Gasteiger partial charge in [-0.25, -0.2) is 4.79 Å². The largest absolute Gasteiger partial charge is 0.492 e. The van der Waals surface area contributed by atoms with E-state index in [1.165, 1.54) is 13.2 Å². The second kappa shape index (κ2) is 3.68. The first kappa shape index (κ1) is 9.64. The van der Waals surface area contributed by atoms with Crippen LogP contribution in [0, 0.1) is 0 Å². The summed E-state index contributed by atoms with van der Waals surface area (Å²) in [6.45, 7) is 0.856. The van der Waals surface area contributed by atoms with Crippen molar-refractivity contribution < 1.29 is 24.1 Å². The lowest BCUT2D eigenvalue weighted by Crippen LogP contribution is -2.17. The first-order valence-electron chi connectivity index (χ1n) is 4.44. The summed E-state index contributed by atoms with van der Waals surface area (Å²) in [5, 5.41) is 8.92. The van der Waals surface area contributed by atoms with Gasteiger partial charge in [0, 0.05) is 0 Å². The maximum Gasteiger partial charge on any atom is 0.339 e. The third-order valence-electron chi connectivity index (χ3n) is 2.10. The lowest BCUT2D eigenvalue weighted by molar-refractivity contribution is 0.0691. The minimum Gasteiger partial charge on any atom is -0.492 e. The van der Waals surface area contributed by atoms with Gasteiger partial charge in [-0.1, -0.05) is 0 Å². The molecule has 1 aliphatic rings. The highest BCUT2D eigenvalue weighted by Crippen LogP contribution is 2.41. The van der Waals surface area contributed by atoms with Crippen LogP contribution in [-0.4, -0.2) is 31.4 Å². The van der Waals surface area contributed by atoms with Crippen molar-refractivity contribution in [2.24, 2.45) is 0 Å². The van der Waals surface area contributed by atoms with Gasteiger partial charge in [0.25, 0.3) is 0 Å². The second-order valence-corrected chi connectivity index (χ2v) is 2.98. The van der Waals surface area contributed by atoms with E-state index in [1.807, 2.05) is 0 Å². The maximum atomic E-state index is 10.9. The Morgan fingerprint density at radius 1 is 1.40 bits per heavy atom. The molecule has 5 nitrogen and oxygen atoms in total. The van der Waals surface area contributed by atoms with E-state index >= 15 is 0 Å². The quantitative estimate of drug-likeness (QED) is 0.793. The predicted octanol–water partition coefficient (Wildman–Crippen LogP) is 1.16. The molecular formula is C10H10O5. The number of carboxylic acids is 1. The van der Waals surface area contributed by atoms with Crippen molar-refractivity contribution in [3.05, 3.63) is 17.7 Å². The fourth-order valence-electron chi connectivity index (χ4n) is 1.46. The van der Waals surface area contributed by atoms with Crippen molar-refractivity contribution in [2.75, 3.05) is 20.3 Å². The molecule has 0 bridgehead atoms. The van der Waals surface area contributed by atoms with E-state index in [4.69, 9.17) is 19.3 Å². The Labute approximate surface area is 86.2 Å². The highest BCUT2D eigenvalue weighted by molar-refractivity contribution is 5.92. The van der Waals surface area contributed by atoms with Gasteiger partial charge < -0.3 is 19.3 Å². The second-order valence-electron chi connectivity index (χ2n) is 2.98. The van der Waals surface area contributed by atoms with Crippen molar-refractivity contribution in [3.8, 4) is 17.2 Å². The maximum absolute atomic E-state index is 10.9. The van der Waals surface area contributed by atoms with Gasteiger partial charge in [0.2, 0.25) is 5.75 Å². The Morgan fingerprint density at radius 2 is 2.13 bits per heavy atom. The molecule has 0 atom stereocenters. The smallest absolute Gasteiger partial charge is 0.339 e. The molecule has 15 heavy (non-hydrogen) atoms. The predicted molar refractivity (Wildman–Crippen MR) is 50.9 cm³/mol. The number of rotatable bonds is 2. The Kier molecular flexibility index (Phi) is 2.37. The molecule has 0 amide bonds. The Hall–Kier alpha value is -1.91. The molecule has 1 N–H and O–H groups in total. The van der Waals surface area contributed by atoms with Crippen LogP contribution in [0.25, 0.3) is 0 Å². The van der Waals surface area contributed by atoms with Crippen molar-refractivity contribution in [3.63, 3.8) is 0 Å². The molecular weight excluding hydrogens is 200 g/mol. The number of ether oxygens (including phenoxy) is 3. The van der Waals surface area contributed by atoms with E-state index in [0.29, 0.717) is 24.7 Å². The van der Waals surface area contributed by atoms with Gasteiger partial charge in [0.1, 0.15) is 18.8 Å². The number of carbonyl (C=O) groups is 1. The Bertz CT molecular complexity index is 399. The number of fused-ring (bicyclic) bond motifs is 1. The van der Waals surface area contributed by atoms with E-state index in [1.54, 1.807) is 6.07 Å². The van der Waals surface area contributed by atoms with Crippen molar-refractivity contribution in [1.29, 1.82) is 0 Å². The summed E-state index contributed by atoms with van der Waals surface area (Å²) in [7, 11) is 1.40. The summed E-state index contributed by atoms with van der Waals surface area (Å²) in [6, 6.07) is 3.01. The van der Waals surface area contributed by atoms with Crippen LogP contribution in [0.15, 0.2) is 12.1 Å². The Morgan fingerprint density at radius 3 is 2.80 bits per heavy atom. The molecule has 1 aromatic rings. The highest BCUT2D eigenvalue weighted by atomic mass is 16.6. The molecule has 1 aliphatic heterocycles. The molecule has 0 fully saturated rings. The molecule has 0 radical (unpaired) electrons. The lowest BCUT2D eigenvalue weighted by Gasteiger charge is -2.21. The fourth-order valence-corrected chi connectivity index (χ4v) is 1.46. The molecule has 80 valence electrons. The molecule has 2 rings (SSSR count). The van der Waals surface area contributed by atoms with Crippen molar-refractivity contribution in [2.45, 2.75) is 0 Å². The SMILES string of the molecule is COc1c(C(=O)O)ccc2c1OCCO2. The third-order valence-corrected chi connectivity index (χ3v) is 2.10. The van der Waals surface area contributed by atoms with Crippen LogP contribution in [0.1, 0.15) is 10.4 Å². The zero-order valence-electron chi connectivity index (χ0n) is 8.15. The van der Waals surface area contributed by atoms with Gasteiger partial charge in [-0.2, -0.15) is 0 Å². The molecule has 0 spiro atoms. The van der Waals surface area contributed by atoms with Crippen LogP contribution < -0.4 is 14.2 Å². The molecule has 0 aromatic heterocycles. The molecule has 1 heterocycles. The molecule has 1 aromatic carbocycles. The van der Waals surface area contributed by atoms with E-state index in [2.05, 4.69) is 0 Å². The molecule has 0 saturated carbocycles. The van der Waals surface area contributed by atoms with E-state index in [-0.39, 0.29) is 11.3 Å². The first-order valence-corrected chi connectivity index (χ1v) is 4.44. The lowest BCUT2D eigenvalue weighted by atomic mass is 10.1. The van der Waals surface area contributed by atoms with Crippen molar-refractivity contribution >= 4 is 5.97 Å². The fraction of sp³-hybridized carbons (Fsp3) is 0.300. The van der Waals surface area contributed by atoms with Crippen LogP contribution in [0.3, 0.4) is 0 Å². The van der Waals surface area contributed by atoms with E-state index < -0.39 is 5.97 Å². The minimum absolute atomic E-state index is 0.0711. The standard InChI is InChI=1S/C10H10O5/c1-13-8-6(10(11)12)2-3-7-9(8)15-5-4-14-7/h2-3H,4-5H2,1H3,(H,11,12). The molecule has 0 saturated heterocycles. The van der Waals surface area contributed by atoms with Crippen LogP contribution in [0.2, 0.25) is 0 Å². The summed E-state index contributed by atoms with van der Waals surface area (Å²) in [5.41, 5.74) is 0.0711. The van der Waals surface area contributed by atoms with Crippen LogP contribution in [0.5, 0.6) is 17.2 Å². The minimum atomic E-state index is -1.05. The van der Waals surface area contributed by atoms with Crippen LogP contribution >= 0.6 is 0 Å². The summed E-state index contributed by atoms with van der Waals surface area (Å²) < 4.78 is 15.6. The number of carboxylic acid groups (broad SMARTS) is 1. The van der Waals surface area contributed by atoms with Crippen LogP contribution in [0.4, 0.5) is 0 Å². The summed E-state index contributed by atoms with van der Waals surface area (Å²) in [4.78, 5) is 10.9. The van der Waals surface area contributed by atoms with E-state index in [9.17, 15) is 4.79 Å². The third kappa shape index (κ3) is 1.56. The highest BCUT2D eigenvalue weighted by Gasteiger charge is 2.22. The van der Waals surface area contributed by atoms with Gasteiger partial charge in [-0.3, -0.25) is 0 Å². The number of hydrogen-bond acceptors (Lipinski definition) is 4. The van der Waals surface area contributed by atoms with Gasteiger partial charge in [0.15, 0.2) is 11.5 Å². The van der Waals surface area contributed by atoms with E-state index in [0.717, 1.165) is 0 Å². The number of benzene rings is 1. The zero-order chi connectivity index (χ0) is 10.8. The first-order chi connectivity index (χ1) is 7.24. The molecule has 0 unspecified atom stereocenters. The van der Waals surface area contributed by atoms with Gasteiger partial charge in [0.05, 0.1) is 7.11 Å². The van der Waals surface area contributed by atoms with Gasteiger partial charge in [-0.05, 0) is 12.1 Å². The molecule has 0 aliphatic carbocycles. The monoisotopic (exact) mass is 210 g/mol. The topological polar surface area (TPSA) is 65.0 Å². The number of aromatic carboxylic acids is 1. The van der Waals surface area contributed by atoms with Gasteiger partial charge in [-0.15, -0.1) is 0 Å². The zero-order valence-corrected chi connectivity index (χ0v) is 8.15. The number of hydrogen-bond donors (Lipinski definition) is 1. The van der Waals surface area contributed by atoms with Crippen molar-refractivity contribution in [1.82, 2.24) is 0 Å². The van der Waals surface area contributed by atoms with Crippen LogP contribution in [-0.2, 0) is 0 Å².